The zero-order valence-electron chi connectivity index (χ0n) is 11.9. The third-order valence-corrected chi connectivity index (χ3v) is 3.99. The lowest BCUT2D eigenvalue weighted by molar-refractivity contribution is 0.406. The van der Waals surface area contributed by atoms with Gasteiger partial charge in [-0.1, -0.05) is 23.8 Å². The summed E-state index contributed by atoms with van der Waals surface area (Å²) in [6.07, 6.45) is 4.24. The van der Waals surface area contributed by atoms with E-state index in [9.17, 15) is 10.2 Å². The summed E-state index contributed by atoms with van der Waals surface area (Å²) < 4.78 is 0. The molecule has 0 bridgehead atoms. The molecule has 2 atom stereocenters. The van der Waals surface area contributed by atoms with Crippen molar-refractivity contribution in [2.24, 2.45) is 5.92 Å². The van der Waals surface area contributed by atoms with Crippen molar-refractivity contribution < 1.29 is 10.2 Å². The summed E-state index contributed by atoms with van der Waals surface area (Å²) >= 11 is 0. The highest BCUT2D eigenvalue weighted by atomic mass is 16.3. The summed E-state index contributed by atoms with van der Waals surface area (Å²) in [5.74, 6) is 0.662. The molecule has 0 spiro atoms. The first-order chi connectivity index (χ1) is 8.90. The SMILES string of the molecule is C=C(C)[C@@H]1CCC(C)=C[C@H]1c1c(O)cc(C)cc1O. The van der Waals surface area contributed by atoms with Gasteiger partial charge in [-0.2, -0.15) is 0 Å². The zero-order chi connectivity index (χ0) is 14.2. The van der Waals surface area contributed by atoms with Crippen LogP contribution in [-0.4, -0.2) is 10.2 Å². The molecule has 0 saturated carbocycles. The number of allylic oxidation sites excluding steroid dienone is 3. The average Bonchev–Trinajstić information content (AvgIpc) is 2.27. The molecule has 1 aliphatic carbocycles. The first kappa shape index (κ1) is 13.7. The number of hydrogen-bond donors (Lipinski definition) is 2. The van der Waals surface area contributed by atoms with Crippen LogP contribution in [-0.2, 0) is 0 Å². The molecule has 1 aromatic rings. The minimum absolute atomic E-state index is 0.0202. The van der Waals surface area contributed by atoms with Gasteiger partial charge >= 0.3 is 0 Å². The largest absolute Gasteiger partial charge is 0.507 e. The van der Waals surface area contributed by atoms with Crippen LogP contribution >= 0.6 is 0 Å². The van der Waals surface area contributed by atoms with E-state index < -0.39 is 0 Å². The number of phenols is 2. The normalized spacial score (nSPS) is 23.0. The van der Waals surface area contributed by atoms with Crippen molar-refractivity contribution in [1.82, 2.24) is 0 Å². The Morgan fingerprint density at radius 2 is 1.79 bits per heavy atom. The maximum absolute atomic E-state index is 10.2. The molecule has 1 aliphatic rings. The molecule has 0 heterocycles. The molecule has 2 nitrogen and oxygen atoms in total. The summed E-state index contributed by atoms with van der Waals surface area (Å²) in [7, 11) is 0. The molecule has 0 aromatic heterocycles. The minimum atomic E-state index is 0.0202. The van der Waals surface area contributed by atoms with Crippen LogP contribution in [0, 0.1) is 12.8 Å². The number of hydrogen-bond acceptors (Lipinski definition) is 2. The molecule has 1 aromatic carbocycles. The Hall–Kier alpha value is -1.70. The summed E-state index contributed by atoms with van der Waals surface area (Å²) in [4.78, 5) is 0. The van der Waals surface area contributed by atoms with Crippen molar-refractivity contribution in [3.8, 4) is 11.5 Å². The van der Waals surface area contributed by atoms with Crippen molar-refractivity contribution in [2.75, 3.05) is 0 Å². The van der Waals surface area contributed by atoms with E-state index in [1.54, 1.807) is 12.1 Å². The van der Waals surface area contributed by atoms with Crippen LogP contribution in [0.25, 0.3) is 0 Å². The third-order valence-electron chi connectivity index (χ3n) is 3.99. The molecular weight excluding hydrogens is 236 g/mol. The molecular formula is C17H22O2. The fourth-order valence-electron chi connectivity index (χ4n) is 3.01. The van der Waals surface area contributed by atoms with Crippen LogP contribution in [0.5, 0.6) is 11.5 Å². The van der Waals surface area contributed by atoms with E-state index in [-0.39, 0.29) is 23.3 Å². The van der Waals surface area contributed by atoms with E-state index >= 15 is 0 Å². The quantitative estimate of drug-likeness (QED) is 0.771. The smallest absolute Gasteiger partial charge is 0.123 e. The second-order valence-electron chi connectivity index (χ2n) is 5.75. The van der Waals surface area contributed by atoms with E-state index in [1.165, 1.54) is 5.57 Å². The maximum atomic E-state index is 10.2. The lowest BCUT2D eigenvalue weighted by atomic mass is 9.74. The summed E-state index contributed by atoms with van der Waals surface area (Å²) in [6, 6.07) is 3.42. The fraction of sp³-hybridized carbons (Fsp3) is 0.412. The Morgan fingerprint density at radius 3 is 2.32 bits per heavy atom. The number of benzene rings is 1. The van der Waals surface area contributed by atoms with Crippen molar-refractivity contribution in [1.29, 1.82) is 0 Å². The van der Waals surface area contributed by atoms with Gasteiger partial charge in [0.2, 0.25) is 0 Å². The molecule has 0 unspecified atom stereocenters. The van der Waals surface area contributed by atoms with Crippen LogP contribution in [0.2, 0.25) is 0 Å². The lowest BCUT2D eigenvalue weighted by Crippen LogP contribution is -2.17. The van der Waals surface area contributed by atoms with Crippen LogP contribution in [0.4, 0.5) is 0 Å². The molecule has 2 rings (SSSR count). The van der Waals surface area contributed by atoms with E-state index in [4.69, 9.17) is 0 Å². The molecule has 2 N–H and O–H groups in total. The van der Waals surface area contributed by atoms with Gasteiger partial charge in [0.25, 0.3) is 0 Å². The second kappa shape index (κ2) is 5.12. The van der Waals surface area contributed by atoms with Gasteiger partial charge in [0.05, 0.1) is 0 Å². The van der Waals surface area contributed by atoms with Gasteiger partial charge in [-0.05, 0) is 57.2 Å². The molecule has 0 aliphatic heterocycles. The van der Waals surface area contributed by atoms with Crippen LogP contribution in [0.15, 0.2) is 35.9 Å². The molecule has 0 saturated heterocycles. The van der Waals surface area contributed by atoms with Crippen molar-refractivity contribution >= 4 is 0 Å². The van der Waals surface area contributed by atoms with Gasteiger partial charge in [0, 0.05) is 11.5 Å². The first-order valence-corrected chi connectivity index (χ1v) is 6.75. The predicted octanol–water partition coefficient (Wildman–Crippen LogP) is 4.42. The fourth-order valence-corrected chi connectivity index (χ4v) is 3.01. The van der Waals surface area contributed by atoms with Gasteiger partial charge in [-0.25, -0.2) is 0 Å². The monoisotopic (exact) mass is 258 g/mol. The van der Waals surface area contributed by atoms with Crippen molar-refractivity contribution in [3.05, 3.63) is 47.1 Å². The highest BCUT2D eigenvalue weighted by molar-refractivity contribution is 5.51. The van der Waals surface area contributed by atoms with E-state index in [2.05, 4.69) is 19.6 Å². The Morgan fingerprint density at radius 1 is 1.21 bits per heavy atom. The Bertz CT molecular complexity index is 517. The van der Waals surface area contributed by atoms with Gasteiger partial charge in [-0.3, -0.25) is 0 Å². The van der Waals surface area contributed by atoms with E-state index in [0.717, 1.165) is 24.0 Å². The highest BCUT2D eigenvalue weighted by Gasteiger charge is 2.29. The predicted molar refractivity (Wildman–Crippen MR) is 78.5 cm³/mol. The molecule has 2 heteroatoms. The molecule has 0 amide bonds. The Kier molecular flexibility index (Phi) is 3.70. The Balaban J connectivity index is 2.54. The average molecular weight is 258 g/mol. The van der Waals surface area contributed by atoms with Gasteiger partial charge < -0.3 is 10.2 Å². The number of aryl methyl sites for hydroxylation is 1. The minimum Gasteiger partial charge on any atom is -0.507 e. The van der Waals surface area contributed by atoms with Crippen LogP contribution in [0.1, 0.15) is 43.7 Å². The van der Waals surface area contributed by atoms with Crippen LogP contribution in [0.3, 0.4) is 0 Å². The van der Waals surface area contributed by atoms with E-state index in [1.807, 2.05) is 13.8 Å². The second-order valence-corrected chi connectivity index (χ2v) is 5.75. The molecule has 19 heavy (non-hydrogen) atoms. The third kappa shape index (κ3) is 2.67. The van der Waals surface area contributed by atoms with Gasteiger partial charge in [0.1, 0.15) is 11.5 Å². The summed E-state index contributed by atoms with van der Waals surface area (Å²) in [6.45, 7) is 10.0. The number of phenolic OH excluding ortho intramolecular Hbond substituents is 2. The van der Waals surface area contributed by atoms with E-state index in [0.29, 0.717) is 5.56 Å². The zero-order valence-corrected chi connectivity index (χ0v) is 11.9. The van der Waals surface area contributed by atoms with Crippen molar-refractivity contribution in [3.63, 3.8) is 0 Å². The van der Waals surface area contributed by atoms with Gasteiger partial charge in [0.15, 0.2) is 0 Å². The summed E-state index contributed by atoms with van der Waals surface area (Å²) in [5.41, 5.74) is 3.91. The molecule has 0 fully saturated rings. The number of rotatable bonds is 2. The Labute approximate surface area is 115 Å². The standard InChI is InChI=1S/C17H22O2/c1-10(2)13-6-5-11(3)7-14(13)17-15(18)8-12(4)9-16(17)19/h7-9,13-14,18-19H,1,5-6H2,2-4H3/t13-,14+/m0/s1. The van der Waals surface area contributed by atoms with Crippen LogP contribution < -0.4 is 0 Å². The summed E-state index contributed by atoms with van der Waals surface area (Å²) in [5, 5.41) is 20.4. The molecule has 0 radical (unpaired) electrons. The lowest BCUT2D eigenvalue weighted by Gasteiger charge is -2.31. The highest BCUT2D eigenvalue weighted by Crippen LogP contribution is 2.46. The first-order valence-electron chi connectivity index (χ1n) is 6.75. The van der Waals surface area contributed by atoms with Crippen molar-refractivity contribution in [2.45, 2.75) is 39.5 Å². The maximum Gasteiger partial charge on any atom is 0.123 e. The molecule has 102 valence electrons. The number of aromatic hydroxyl groups is 2. The topological polar surface area (TPSA) is 40.5 Å². The van der Waals surface area contributed by atoms with Gasteiger partial charge in [-0.15, -0.1) is 0 Å².